The highest BCUT2D eigenvalue weighted by atomic mass is 32.1. The molecule has 6 heteroatoms. The number of hydrogen-bond acceptors (Lipinski definition) is 4. The number of hydrogen-bond donors (Lipinski definition) is 0. The van der Waals surface area contributed by atoms with Gasteiger partial charge in [0.05, 0.1) is 26.8 Å². The van der Waals surface area contributed by atoms with Gasteiger partial charge in [-0.05, 0) is 29.7 Å². The smallest absolute Gasteiger partial charge is 0.434 e. The van der Waals surface area contributed by atoms with E-state index in [1.54, 1.807) is 23.6 Å². The van der Waals surface area contributed by atoms with Gasteiger partial charge in [0.15, 0.2) is 0 Å². The summed E-state index contributed by atoms with van der Waals surface area (Å²) in [5.41, 5.74) is 0.729. The summed E-state index contributed by atoms with van der Waals surface area (Å²) < 4.78 is 7.17. The summed E-state index contributed by atoms with van der Waals surface area (Å²) in [6.45, 7) is 5.14. The Bertz CT molecular complexity index is 610. The average molecular weight is 336 g/mol. The van der Waals surface area contributed by atoms with E-state index in [-0.39, 0.29) is 0 Å². The molecule has 2 heterocycles. The standard InChI is InChI=1S/C15H20N3O2S.C2H6/c1-18(2,3)10-11-20-15(19)17-9-8-13(16-17)6-7-14-5-4-12-21-14;1-2/h4-9,12H,10-11H2,1-3H3;1-2H3/q+1;/b7-6+;. The van der Waals surface area contributed by atoms with Crippen LogP contribution in [0, 0.1) is 0 Å². The molecule has 0 bridgehead atoms. The van der Waals surface area contributed by atoms with Crippen LogP contribution in [0.5, 0.6) is 0 Å². The third-order valence-electron chi connectivity index (χ3n) is 2.75. The number of carbonyl (C=O) groups is 1. The summed E-state index contributed by atoms with van der Waals surface area (Å²) >= 11 is 1.65. The van der Waals surface area contributed by atoms with Crippen molar-refractivity contribution in [3.63, 3.8) is 0 Å². The zero-order valence-corrected chi connectivity index (χ0v) is 15.3. The summed E-state index contributed by atoms with van der Waals surface area (Å²) in [5, 5.41) is 6.20. The van der Waals surface area contributed by atoms with Crippen molar-refractivity contribution in [2.75, 3.05) is 34.3 Å². The lowest BCUT2D eigenvalue weighted by molar-refractivity contribution is -0.870. The number of ether oxygens (including phenoxy) is 1. The maximum Gasteiger partial charge on any atom is 0.434 e. The van der Waals surface area contributed by atoms with Gasteiger partial charge < -0.3 is 9.22 Å². The highest BCUT2D eigenvalue weighted by Crippen LogP contribution is 2.12. The molecule has 0 amide bonds. The molecule has 0 N–H and O–H groups in total. The Morgan fingerprint density at radius 3 is 2.65 bits per heavy atom. The van der Waals surface area contributed by atoms with Crippen molar-refractivity contribution in [1.29, 1.82) is 0 Å². The van der Waals surface area contributed by atoms with E-state index in [4.69, 9.17) is 4.74 Å². The summed E-state index contributed by atoms with van der Waals surface area (Å²) in [6.07, 6.45) is 5.02. The molecule has 0 spiro atoms. The van der Waals surface area contributed by atoms with E-state index in [1.807, 2.05) is 43.5 Å². The summed E-state index contributed by atoms with van der Waals surface area (Å²) in [6, 6.07) is 5.80. The second-order valence-corrected chi connectivity index (χ2v) is 6.64. The van der Waals surface area contributed by atoms with Gasteiger partial charge in [-0.2, -0.15) is 9.78 Å². The number of likely N-dealkylation sites (N-methyl/N-ethyl adjacent to an activating group) is 1. The molecule has 0 saturated carbocycles. The van der Waals surface area contributed by atoms with E-state index >= 15 is 0 Å². The molecule has 0 saturated heterocycles. The third-order valence-corrected chi connectivity index (χ3v) is 3.58. The topological polar surface area (TPSA) is 44.1 Å². The quantitative estimate of drug-likeness (QED) is 0.779. The van der Waals surface area contributed by atoms with Crippen LogP contribution in [0.4, 0.5) is 4.79 Å². The fraction of sp³-hybridized carbons (Fsp3) is 0.412. The number of quaternary nitrogens is 1. The predicted molar refractivity (Wildman–Crippen MR) is 96.5 cm³/mol. The minimum atomic E-state index is -0.445. The molecular weight excluding hydrogens is 310 g/mol. The zero-order valence-electron chi connectivity index (χ0n) is 14.5. The van der Waals surface area contributed by atoms with Gasteiger partial charge in [-0.3, -0.25) is 0 Å². The minimum absolute atomic E-state index is 0.378. The molecule has 0 aliphatic rings. The van der Waals surface area contributed by atoms with Crippen LogP contribution in [0.25, 0.3) is 12.2 Å². The Labute approximate surface area is 142 Å². The molecule has 0 radical (unpaired) electrons. The zero-order chi connectivity index (χ0) is 17.3. The predicted octanol–water partition coefficient (Wildman–Crippen LogP) is 3.83. The highest BCUT2D eigenvalue weighted by Gasteiger charge is 2.11. The van der Waals surface area contributed by atoms with Gasteiger partial charge in [0, 0.05) is 11.1 Å². The maximum absolute atomic E-state index is 11.8. The van der Waals surface area contributed by atoms with Crippen LogP contribution in [-0.4, -0.2) is 54.7 Å². The van der Waals surface area contributed by atoms with Crippen molar-refractivity contribution in [1.82, 2.24) is 9.78 Å². The van der Waals surface area contributed by atoms with Crippen molar-refractivity contribution in [2.24, 2.45) is 0 Å². The summed E-state index contributed by atoms with van der Waals surface area (Å²) in [5.74, 6) is 0. The Kier molecular flexibility index (Phi) is 7.71. The van der Waals surface area contributed by atoms with Crippen molar-refractivity contribution in [3.05, 3.63) is 40.3 Å². The molecule has 23 heavy (non-hydrogen) atoms. The van der Waals surface area contributed by atoms with Crippen LogP contribution < -0.4 is 0 Å². The molecule has 2 rings (SSSR count). The van der Waals surface area contributed by atoms with Gasteiger partial charge in [0.25, 0.3) is 0 Å². The normalized spacial score (nSPS) is 11.2. The molecule has 0 aliphatic heterocycles. The number of carbonyl (C=O) groups excluding carboxylic acids is 1. The lowest BCUT2D eigenvalue weighted by Crippen LogP contribution is -2.38. The fourth-order valence-electron chi connectivity index (χ4n) is 1.56. The molecule has 0 unspecified atom stereocenters. The maximum atomic E-state index is 11.8. The van der Waals surface area contributed by atoms with E-state index in [9.17, 15) is 4.79 Å². The van der Waals surface area contributed by atoms with Crippen LogP contribution in [-0.2, 0) is 4.74 Å². The fourth-order valence-corrected chi connectivity index (χ4v) is 2.17. The minimum Gasteiger partial charge on any atom is -0.442 e. The largest absolute Gasteiger partial charge is 0.442 e. The Balaban J connectivity index is 0.00000127. The van der Waals surface area contributed by atoms with E-state index in [1.165, 1.54) is 4.68 Å². The van der Waals surface area contributed by atoms with Crippen molar-refractivity contribution < 1.29 is 14.0 Å². The van der Waals surface area contributed by atoms with Gasteiger partial charge >= 0.3 is 6.09 Å². The average Bonchev–Trinajstić information content (AvgIpc) is 3.17. The van der Waals surface area contributed by atoms with Crippen LogP contribution in [0.1, 0.15) is 24.4 Å². The molecule has 0 atom stereocenters. The van der Waals surface area contributed by atoms with Crippen molar-refractivity contribution in [3.8, 4) is 0 Å². The van der Waals surface area contributed by atoms with Crippen LogP contribution in [0.2, 0.25) is 0 Å². The summed E-state index contributed by atoms with van der Waals surface area (Å²) in [4.78, 5) is 13.0. The number of aromatic nitrogens is 2. The van der Waals surface area contributed by atoms with Crippen LogP contribution >= 0.6 is 11.3 Å². The van der Waals surface area contributed by atoms with Gasteiger partial charge in [0.2, 0.25) is 0 Å². The van der Waals surface area contributed by atoms with E-state index in [0.29, 0.717) is 6.61 Å². The van der Waals surface area contributed by atoms with Crippen LogP contribution in [0.15, 0.2) is 29.8 Å². The molecule has 2 aromatic rings. The Hall–Kier alpha value is -1.92. The summed E-state index contributed by atoms with van der Waals surface area (Å²) in [7, 11) is 6.15. The second kappa shape index (κ2) is 9.27. The first-order valence-electron chi connectivity index (χ1n) is 7.69. The number of thiophene rings is 1. The number of nitrogens with zero attached hydrogens (tertiary/aromatic N) is 3. The highest BCUT2D eigenvalue weighted by molar-refractivity contribution is 7.10. The van der Waals surface area contributed by atoms with Gasteiger partial charge in [-0.25, -0.2) is 4.79 Å². The van der Waals surface area contributed by atoms with Crippen molar-refractivity contribution >= 4 is 29.6 Å². The van der Waals surface area contributed by atoms with E-state index in [0.717, 1.165) is 21.6 Å². The lowest BCUT2D eigenvalue weighted by Gasteiger charge is -2.23. The molecule has 0 fully saturated rings. The molecule has 0 aliphatic carbocycles. The molecular formula is C17H26N3O2S+. The van der Waals surface area contributed by atoms with Gasteiger partial charge in [-0.15, -0.1) is 11.3 Å². The number of rotatable bonds is 5. The van der Waals surface area contributed by atoms with E-state index < -0.39 is 6.09 Å². The van der Waals surface area contributed by atoms with Crippen LogP contribution in [0.3, 0.4) is 0 Å². The molecule has 126 valence electrons. The first-order chi connectivity index (χ1) is 10.9. The molecule has 0 aromatic carbocycles. The molecule has 5 nitrogen and oxygen atoms in total. The first-order valence-corrected chi connectivity index (χ1v) is 8.57. The first kappa shape index (κ1) is 19.1. The van der Waals surface area contributed by atoms with Gasteiger partial charge in [0.1, 0.15) is 13.2 Å². The Morgan fingerprint density at radius 1 is 1.30 bits per heavy atom. The Morgan fingerprint density at radius 2 is 2.04 bits per heavy atom. The third kappa shape index (κ3) is 7.25. The lowest BCUT2D eigenvalue weighted by atomic mass is 10.3. The monoisotopic (exact) mass is 336 g/mol. The molecule has 2 aromatic heterocycles. The van der Waals surface area contributed by atoms with E-state index in [2.05, 4.69) is 26.2 Å². The SMILES string of the molecule is CC.C[N+](C)(C)CCOC(=O)n1ccc(/C=C/c2cccs2)n1. The second-order valence-electron chi connectivity index (χ2n) is 5.66. The van der Waals surface area contributed by atoms with Gasteiger partial charge in [-0.1, -0.05) is 19.9 Å². The van der Waals surface area contributed by atoms with Crippen molar-refractivity contribution in [2.45, 2.75) is 13.8 Å².